The predicted octanol–water partition coefficient (Wildman–Crippen LogP) is 3.21. The van der Waals surface area contributed by atoms with Crippen molar-refractivity contribution in [1.29, 1.82) is 0 Å². The van der Waals surface area contributed by atoms with Crippen LogP contribution in [-0.2, 0) is 14.3 Å². The summed E-state index contributed by atoms with van der Waals surface area (Å²) in [5.74, 6) is -0.919. The number of pyridine rings is 1. The van der Waals surface area contributed by atoms with E-state index in [1.165, 1.54) is 6.20 Å². The Morgan fingerprint density at radius 3 is 2.91 bits per heavy atom. The number of rotatable bonds is 3. The summed E-state index contributed by atoms with van der Waals surface area (Å²) in [6.45, 7) is 4.07. The fourth-order valence-corrected chi connectivity index (χ4v) is 5.17. The Kier molecular flexibility index (Phi) is 5.44. The maximum atomic E-state index is 13.4. The number of hydrogen-bond donors (Lipinski definition) is 2. The molecule has 5 heterocycles. The van der Waals surface area contributed by atoms with Crippen LogP contribution in [0.25, 0.3) is 21.8 Å². The van der Waals surface area contributed by atoms with Gasteiger partial charge in [0.2, 0.25) is 0 Å². The lowest BCUT2D eigenvalue weighted by Gasteiger charge is -2.38. The van der Waals surface area contributed by atoms with E-state index >= 15 is 0 Å². The molecule has 2 saturated heterocycles. The molecule has 10 nitrogen and oxygen atoms in total. The van der Waals surface area contributed by atoms with Crippen LogP contribution in [0.2, 0.25) is 0 Å². The van der Waals surface area contributed by atoms with Crippen LogP contribution >= 0.6 is 0 Å². The Hall–Kier alpha value is -3.79. The zero-order valence-corrected chi connectivity index (χ0v) is 19.5. The first-order valence-electron chi connectivity index (χ1n) is 12.0. The van der Waals surface area contributed by atoms with Gasteiger partial charge in [0.25, 0.3) is 0 Å². The molecule has 3 atom stereocenters. The lowest BCUT2D eigenvalue weighted by Crippen LogP contribution is -2.46. The second-order valence-electron chi connectivity index (χ2n) is 9.58. The number of nitrogens with zero attached hydrogens (tertiary/aromatic N) is 5. The van der Waals surface area contributed by atoms with Crippen LogP contribution in [0.3, 0.4) is 0 Å². The summed E-state index contributed by atoms with van der Waals surface area (Å²) >= 11 is 0. The fraction of sp³-hybridized carbons (Fsp3) is 0.400. The third kappa shape index (κ3) is 4.03. The average molecular weight is 474 g/mol. The van der Waals surface area contributed by atoms with Crippen molar-refractivity contribution in [2.24, 2.45) is 5.92 Å². The van der Waals surface area contributed by atoms with Crippen LogP contribution in [0.4, 0.5) is 5.69 Å². The molecule has 2 aliphatic rings. The molecule has 2 aliphatic heterocycles. The molecule has 2 amide bonds. The minimum Gasteiger partial charge on any atom is -0.379 e. The molecule has 0 saturated carbocycles. The van der Waals surface area contributed by atoms with Gasteiger partial charge in [-0.15, -0.1) is 0 Å². The van der Waals surface area contributed by atoms with Crippen LogP contribution in [0.15, 0.2) is 43.0 Å². The molecule has 10 heteroatoms. The van der Waals surface area contributed by atoms with Crippen LogP contribution < -0.4 is 5.32 Å². The van der Waals surface area contributed by atoms with Crippen LogP contribution in [0, 0.1) is 5.92 Å². The largest absolute Gasteiger partial charge is 0.379 e. The van der Waals surface area contributed by atoms with Gasteiger partial charge in [-0.05, 0) is 36.8 Å². The van der Waals surface area contributed by atoms with E-state index in [0.29, 0.717) is 30.3 Å². The van der Waals surface area contributed by atoms with Gasteiger partial charge in [0.1, 0.15) is 0 Å². The summed E-state index contributed by atoms with van der Waals surface area (Å²) in [6.07, 6.45) is 9.58. The smallest absolute Gasteiger partial charge is 0.314 e. The SMILES string of the molecule is C[C@H]1CC[C@H](c2ccc3cn([C@H]4CCOC4)nc3c2)N(C(=O)C(=O)Nc2cncc3cn[nH]c23)C1. The van der Waals surface area contributed by atoms with Crippen molar-refractivity contribution in [3.05, 3.63) is 48.5 Å². The van der Waals surface area contributed by atoms with Gasteiger partial charge in [0.15, 0.2) is 0 Å². The Morgan fingerprint density at radius 1 is 1.14 bits per heavy atom. The number of nitrogens with one attached hydrogen (secondary N) is 2. The molecule has 180 valence electrons. The minimum atomic E-state index is -0.681. The molecule has 3 aromatic heterocycles. The molecule has 0 unspecified atom stereocenters. The maximum absolute atomic E-state index is 13.4. The molecule has 1 aromatic carbocycles. The number of amides is 2. The van der Waals surface area contributed by atoms with E-state index in [9.17, 15) is 9.59 Å². The lowest BCUT2D eigenvalue weighted by molar-refractivity contribution is -0.146. The highest BCUT2D eigenvalue weighted by atomic mass is 16.5. The van der Waals surface area contributed by atoms with Crippen LogP contribution in [-0.4, -0.2) is 61.4 Å². The van der Waals surface area contributed by atoms with Gasteiger partial charge in [-0.1, -0.05) is 19.1 Å². The van der Waals surface area contributed by atoms with Gasteiger partial charge >= 0.3 is 11.8 Å². The zero-order valence-electron chi connectivity index (χ0n) is 19.5. The minimum absolute atomic E-state index is 0.185. The van der Waals surface area contributed by atoms with Crippen LogP contribution in [0.5, 0.6) is 0 Å². The Labute approximate surface area is 201 Å². The summed E-state index contributed by atoms with van der Waals surface area (Å²) in [5.41, 5.74) is 2.96. The van der Waals surface area contributed by atoms with Crippen molar-refractivity contribution >= 4 is 39.3 Å². The quantitative estimate of drug-likeness (QED) is 0.441. The highest BCUT2D eigenvalue weighted by Gasteiger charge is 2.34. The van der Waals surface area contributed by atoms with E-state index in [1.807, 2.05) is 10.7 Å². The Bertz CT molecular complexity index is 1400. The summed E-state index contributed by atoms with van der Waals surface area (Å²) in [6, 6.07) is 6.23. The zero-order chi connectivity index (χ0) is 23.9. The molecular formula is C25H27N7O3. The number of hydrogen-bond acceptors (Lipinski definition) is 6. The molecular weight excluding hydrogens is 446 g/mol. The number of aromatic amines is 1. The first kappa shape index (κ1) is 21.7. The lowest BCUT2D eigenvalue weighted by atomic mass is 9.89. The first-order chi connectivity index (χ1) is 17.1. The standard InChI is InChI=1S/C25H27N7O3/c1-15-2-5-22(16-3-4-17-13-32(30-20(17)8-16)19-6-7-35-14-19)31(12-15)25(34)24(33)28-21-11-26-9-18-10-27-29-23(18)21/h3-4,8-11,13,15,19,22H,2,5-7,12,14H2,1H3,(H,27,29)(H,28,33)/t15-,19-,22+/m0/s1. The van der Waals surface area contributed by atoms with Crippen molar-refractivity contribution in [3.8, 4) is 0 Å². The Morgan fingerprint density at radius 2 is 2.06 bits per heavy atom. The summed E-state index contributed by atoms with van der Waals surface area (Å²) < 4.78 is 7.50. The number of benzene rings is 1. The fourth-order valence-electron chi connectivity index (χ4n) is 5.17. The van der Waals surface area contributed by atoms with Gasteiger partial charge in [0, 0.05) is 36.3 Å². The first-order valence-corrected chi connectivity index (χ1v) is 12.0. The van der Waals surface area contributed by atoms with Gasteiger partial charge in [-0.2, -0.15) is 10.2 Å². The number of anilines is 1. The molecule has 2 N–H and O–H groups in total. The van der Waals surface area contributed by atoms with Crippen molar-refractivity contribution < 1.29 is 14.3 Å². The van der Waals surface area contributed by atoms with E-state index in [1.54, 1.807) is 17.3 Å². The molecule has 0 bridgehead atoms. The van der Waals surface area contributed by atoms with Crippen LogP contribution in [0.1, 0.15) is 43.8 Å². The van der Waals surface area contributed by atoms with E-state index in [2.05, 4.69) is 45.8 Å². The molecule has 0 spiro atoms. The normalized spacial score (nSPS) is 22.7. The molecule has 0 aliphatic carbocycles. The van der Waals surface area contributed by atoms with Crippen molar-refractivity contribution in [1.82, 2.24) is 29.9 Å². The number of fused-ring (bicyclic) bond motifs is 2. The van der Waals surface area contributed by atoms with E-state index < -0.39 is 11.8 Å². The number of ether oxygens (including phenoxy) is 1. The number of carbonyl (C=O) groups excluding carboxylic acids is 2. The highest BCUT2D eigenvalue weighted by Crippen LogP contribution is 2.35. The molecule has 35 heavy (non-hydrogen) atoms. The van der Waals surface area contributed by atoms with E-state index in [0.717, 1.165) is 47.7 Å². The summed E-state index contributed by atoms with van der Waals surface area (Å²) in [4.78, 5) is 32.2. The number of carbonyl (C=O) groups is 2. The monoisotopic (exact) mass is 473 g/mol. The molecule has 4 aromatic rings. The van der Waals surface area contributed by atoms with Gasteiger partial charge in [-0.3, -0.25) is 24.4 Å². The molecule has 0 radical (unpaired) electrons. The number of aromatic nitrogens is 5. The number of H-pyrrole nitrogens is 1. The van der Waals surface area contributed by atoms with Gasteiger partial charge in [-0.25, -0.2) is 0 Å². The van der Waals surface area contributed by atoms with Gasteiger partial charge in [0.05, 0.1) is 47.8 Å². The van der Waals surface area contributed by atoms with Gasteiger partial charge < -0.3 is 15.0 Å². The topological polar surface area (TPSA) is 118 Å². The molecule has 2 fully saturated rings. The second kappa shape index (κ2) is 8.77. The van der Waals surface area contributed by atoms with Crippen molar-refractivity contribution in [2.45, 2.75) is 38.3 Å². The Balaban J connectivity index is 1.26. The molecule has 6 rings (SSSR count). The summed E-state index contributed by atoms with van der Waals surface area (Å²) in [5, 5.41) is 16.2. The average Bonchev–Trinajstić information content (AvgIpc) is 3.63. The highest BCUT2D eigenvalue weighted by molar-refractivity contribution is 6.40. The third-order valence-electron chi connectivity index (χ3n) is 7.09. The van der Waals surface area contributed by atoms with Crippen molar-refractivity contribution in [2.75, 3.05) is 25.1 Å². The third-order valence-corrected chi connectivity index (χ3v) is 7.09. The van der Waals surface area contributed by atoms with E-state index in [4.69, 9.17) is 9.84 Å². The van der Waals surface area contributed by atoms with E-state index in [-0.39, 0.29) is 12.1 Å². The second-order valence-corrected chi connectivity index (χ2v) is 9.58. The van der Waals surface area contributed by atoms with Crippen molar-refractivity contribution in [3.63, 3.8) is 0 Å². The number of likely N-dealkylation sites (tertiary alicyclic amines) is 1. The maximum Gasteiger partial charge on any atom is 0.314 e. The summed E-state index contributed by atoms with van der Waals surface area (Å²) in [7, 11) is 0. The number of piperidine rings is 1. The predicted molar refractivity (Wildman–Crippen MR) is 130 cm³/mol.